The van der Waals surface area contributed by atoms with Crippen molar-refractivity contribution < 1.29 is 9.59 Å². The average molecular weight is 376 g/mol. The van der Waals surface area contributed by atoms with Gasteiger partial charge in [-0.25, -0.2) is 0 Å². The molecule has 0 radical (unpaired) electrons. The summed E-state index contributed by atoms with van der Waals surface area (Å²) in [7, 11) is 0. The molecule has 2 aromatic rings. The van der Waals surface area contributed by atoms with E-state index in [1.807, 2.05) is 6.07 Å². The number of para-hydroxylation sites is 1. The molecule has 0 saturated carbocycles. The van der Waals surface area contributed by atoms with Gasteiger partial charge in [-0.1, -0.05) is 35.3 Å². The van der Waals surface area contributed by atoms with E-state index in [1.54, 1.807) is 42.5 Å². The topological polar surface area (TPSA) is 73.2 Å². The monoisotopic (exact) mass is 375 g/mol. The van der Waals surface area contributed by atoms with E-state index in [9.17, 15) is 14.9 Å². The Morgan fingerprint density at radius 3 is 2.60 bits per heavy atom. The molecule has 128 valence electrons. The van der Waals surface area contributed by atoms with Gasteiger partial charge in [-0.15, -0.1) is 0 Å². The molecule has 0 saturated heterocycles. The molecule has 0 aliphatic carbocycles. The largest absolute Gasteiger partial charge is 0.325 e. The highest BCUT2D eigenvalue weighted by Gasteiger charge is 2.17. The minimum Gasteiger partial charge on any atom is -0.325 e. The Bertz CT molecular complexity index is 846. The van der Waals surface area contributed by atoms with Gasteiger partial charge in [0.05, 0.1) is 22.0 Å². The van der Waals surface area contributed by atoms with Crippen LogP contribution >= 0.6 is 23.2 Å². The normalized spacial score (nSPS) is 10.0. The lowest BCUT2D eigenvalue weighted by Gasteiger charge is -2.22. The maximum absolute atomic E-state index is 12.2. The van der Waals surface area contributed by atoms with E-state index in [2.05, 4.69) is 5.32 Å². The number of halogens is 2. The third kappa shape index (κ3) is 4.96. The van der Waals surface area contributed by atoms with Crippen molar-refractivity contribution in [2.45, 2.75) is 13.3 Å². The Hall–Kier alpha value is -2.55. The van der Waals surface area contributed by atoms with Gasteiger partial charge in [0.25, 0.3) is 0 Å². The molecule has 0 aliphatic heterocycles. The van der Waals surface area contributed by atoms with Crippen molar-refractivity contribution in [2.24, 2.45) is 0 Å². The van der Waals surface area contributed by atoms with Gasteiger partial charge < -0.3 is 10.2 Å². The zero-order valence-corrected chi connectivity index (χ0v) is 14.9. The van der Waals surface area contributed by atoms with Gasteiger partial charge in [-0.2, -0.15) is 5.26 Å². The van der Waals surface area contributed by atoms with Gasteiger partial charge in [0, 0.05) is 24.9 Å². The highest BCUT2D eigenvalue weighted by molar-refractivity contribution is 6.35. The summed E-state index contributed by atoms with van der Waals surface area (Å²) < 4.78 is 0. The van der Waals surface area contributed by atoms with Crippen LogP contribution < -0.4 is 10.2 Å². The maximum Gasteiger partial charge on any atom is 0.226 e. The van der Waals surface area contributed by atoms with E-state index in [-0.39, 0.29) is 24.8 Å². The van der Waals surface area contributed by atoms with Crippen LogP contribution in [0.2, 0.25) is 10.0 Å². The fourth-order valence-electron chi connectivity index (χ4n) is 2.27. The number of nitrogens with one attached hydrogen (secondary N) is 1. The standard InChI is InChI=1S/C18H15Cl2N3O2/c1-12(24)23(17-5-3-2-4-13(17)11-21)9-8-18(25)22-16-10-14(19)6-7-15(16)20/h2-7,10H,8-9H2,1H3,(H,22,25). The van der Waals surface area contributed by atoms with Gasteiger partial charge in [0.2, 0.25) is 11.8 Å². The molecular formula is C18H15Cl2N3O2. The molecule has 0 aromatic heterocycles. The molecule has 1 N–H and O–H groups in total. The van der Waals surface area contributed by atoms with Crippen LogP contribution in [0, 0.1) is 11.3 Å². The summed E-state index contributed by atoms with van der Waals surface area (Å²) in [5, 5.41) is 12.7. The van der Waals surface area contributed by atoms with E-state index in [1.165, 1.54) is 11.8 Å². The van der Waals surface area contributed by atoms with Crippen LogP contribution in [0.5, 0.6) is 0 Å². The van der Waals surface area contributed by atoms with Crippen LogP contribution in [0.3, 0.4) is 0 Å². The van der Waals surface area contributed by atoms with Crippen LogP contribution in [0.15, 0.2) is 42.5 Å². The predicted octanol–water partition coefficient (Wildman–Crippen LogP) is 4.25. The Balaban J connectivity index is 2.09. The van der Waals surface area contributed by atoms with Crippen molar-refractivity contribution in [3.63, 3.8) is 0 Å². The van der Waals surface area contributed by atoms with Crippen LogP contribution in [0.4, 0.5) is 11.4 Å². The molecular weight excluding hydrogens is 361 g/mol. The molecule has 0 heterocycles. The average Bonchev–Trinajstić information content (AvgIpc) is 2.58. The summed E-state index contributed by atoms with van der Waals surface area (Å²) in [5.74, 6) is -0.568. The molecule has 5 nitrogen and oxygen atoms in total. The zero-order chi connectivity index (χ0) is 18.4. The fourth-order valence-corrected chi connectivity index (χ4v) is 2.61. The van der Waals surface area contributed by atoms with Gasteiger partial charge in [0.15, 0.2) is 0 Å². The van der Waals surface area contributed by atoms with Crippen molar-refractivity contribution in [2.75, 3.05) is 16.8 Å². The number of nitrogens with zero attached hydrogens (tertiary/aromatic N) is 2. The summed E-state index contributed by atoms with van der Waals surface area (Å²) >= 11 is 11.9. The molecule has 0 bridgehead atoms. The van der Waals surface area contributed by atoms with E-state index < -0.39 is 0 Å². The minimum atomic E-state index is -0.315. The van der Waals surface area contributed by atoms with Crippen molar-refractivity contribution in [3.05, 3.63) is 58.1 Å². The van der Waals surface area contributed by atoms with Crippen molar-refractivity contribution in [3.8, 4) is 6.07 Å². The maximum atomic E-state index is 12.2. The number of benzene rings is 2. The Morgan fingerprint density at radius 1 is 1.20 bits per heavy atom. The van der Waals surface area contributed by atoms with Gasteiger partial charge >= 0.3 is 0 Å². The summed E-state index contributed by atoms with van der Waals surface area (Å²) in [6, 6.07) is 13.6. The first-order valence-electron chi connectivity index (χ1n) is 7.44. The highest BCUT2D eigenvalue weighted by atomic mass is 35.5. The van der Waals surface area contributed by atoms with Crippen molar-refractivity contribution in [1.82, 2.24) is 0 Å². The van der Waals surface area contributed by atoms with Crippen LogP contribution in [-0.4, -0.2) is 18.4 Å². The van der Waals surface area contributed by atoms with Gasteiger partial charge in [-0.3, -0.25) is 9.59 Å². The highest BCUT2D eigenvalue weighted by Crippen LogP contribution is 2.26. The van der Waals surface area contributed by atoms with Crippen LogP contribution in [-0.2, 0) is 9.59 Å². The number of rotatable bonds is 5. The summed E-state index contributed by atoms with van der Waals surface area (Å²) in [5.41, 5.74) is 1.26. The molecule has 0 atom stereocenters. The molecule has 2 aromatic carbocycles. The van der Waals surface area contributed by atoms with Crippen molar-refractivity contribution >= 4 is 46.4 Å². The van der Waals surface area contributed by atoms with Gasteiger partial charge in [0.1, 0.15) is 6.07 Å². The third-order valence-corrected chi connectivity index (χ3v) is 4.03. The van der Waals surface area contributed by atoms with Crippen molar-refractivity contribution in [1.29, 1.82) is 5.26 Å². The number of anilines is 2. The van der Waals surface area contributed by atoms with Crippen LogP contribution in [0.1, 0.15) is 18.9 Å². The molecule has 7 heteroatoms. The van der Waals surface area contributed by atoms with E-state index in [0.29, 0.717) is 27.0 Å². The fraction of sp³-hybridized carbons (Fsp3) is 0.167. The minimum absolute atomic E-state index is 0.0438. The van der Waals surface area contributed by atoms with Gasteiger partial charge in [-0.05, 0) is 30.3 Å². The Kier molecular flexibility index (Phi) is 6.40. The molecule has 2 rings (SSSR count). The third-order valence-electron chi connectivity index (χ3n) is 3.46. The second-order valence-electron chi connectivity index (χ2n) is 5.22. The smallest absolute Gasteiger partial charge is 0.226 e. The molecule has 0 aliphatic rings. The lowest BCUT2D eigenvalue weighted by molar-refractivity contribution is -0.117. The summed E-state index contributed by atoms with van der Waals surface area (Å²) in [6.07, 6.45) is 0.0438. The first-order chi connectivity index (χ1) is 11.9. The summed E-state index contributed by atoms with van der Waals surface area (Å²) in [4.78, 5) is 25.5. The number of amides is 2. The molecule has 2 amide bonds. The second-order valence-corrected chi connectivity index (χ2v) is 6.07. The zero-order valence-electron chi connectivity index (χ0n) is 13.4. The van der Waals surface area contributed by atoms with E-state index in [4.69, 9.17) is 23.2 Å². The first-order valence-corrected chi connectivity index (χ1v) is 8.20. The summed E-state index contributed by atoms with van der Waals surface area (Å²) in [6.45, 7) is 1.53. The quantitative estimate of drug-likeness (QED) is 0.848. The van der Waals surface area contributed by atoms with Crippen LogP contribution in [0.25, 0.3) is 0 Å². The molecule has 0 fully saturated rings. The first kappa shape index (κ1) is 18.8. The predicted molar refractivity (Wildman–Crippen MR) is 98.9 cm³/mol. The molecule has 25 heavy (non-hydrogen) atoms. The number of hydrogen-bond donors (Lipinski definition) is 1. The Labute approximate surface area is 155 Å². The second kappa shape index (κ2) is 8.52. The van der Waals surface area contributed by atoms with E-state index in [0.717, 1.165) is 0 Å². The lowest BCUT2D eigenvalue weighted by atomic mass is 10.1. The number of carbonyl (C=O) groups excluding carboxylic acids is 2. The number of hydrogen-bond acceptors (Lipinski definition) is 3. The SMILES string of the molecule is CC(=O)N(CCC(=O)Nc1cc(Cl)ccc1Cl)c1ccccc1C#N. The van der Waals surface area contributed by atoms with E-state index >= 15 is 0 Å². The molecule has 0 unspecified atom stereocenters. The lowest BCUT2D eigenvalue weighted by Crippen LogP contribution is -2.32. The number of nitriles is 1. The molecule has 0 spiro atoms. The Morgan fingerprint density at radius 2 is 1.92 bits per heavy atom. The number of carbonyl (C=O) groups is 2.